The second kappa shape index (κ2) is 8.64. The van der Waals surface area contributed by atoms with Crippen LogP contribution in [0.3, 0.4) is 0 Å². The average molecular weight is 291 g/mol. The topological polar surface area (TPSA) is 67.6 Å². The van der Waals surface area contributed by atoms with Crippen molar-refractivity contribution >= 4 is 6.03 Å². The Labute approximate surface area is 126 Å². The Morgan fingerprint density at radius 1 is 1.29 bits per heavy atom. The quantitative estimate of drug-likeness (QED) is 0.832. The van der Waals surface area contributed by atoms with E-state index in [9.17, 15) is 4.79 Å². The number of benzene rings is 1. The van der Waals surface area contributed by atoms with Gasteiger partial charge in [-0.05, 0) is 24.8 Å². The molecule has 0 saturated carbocycles. The summed E-state index contributed by atoms with van der Waals surface area (Å²) in [4.78, 5) is 14.2. The summed E-state index contributed by atoms with van der Waals surface area (Å²) in [6, 6.07) is 10.4. The van der Waals surface area contributed by atoms with Gasteiger partial charge in [-0.25, -0.2) is 4.79 Å². The van der Waals surface area contributed by atoms with E-state index in [2.05, 4.69) is 17.4 Å². The smallest absolute Gasteiger partial charge is 0.317 e. The van der Waals surface area contributed by atoms with Crippen LogP contribution in [-0.2, 0) is 11.2 Å². The number of urea groups is 1. The van der Waals surface area contributed by atoms with Crippen molar-refractivity contribution in [2.24, 2.45) is 5.73 Å². The molecule has 1 aromatic carbocycles. The van der Waals surface area contributed by atoms with Gasteiger partial charge in [-0.3, -0.25) is 0 Å². The fourth-order valence-electron chi connectivity index (χ4n) is 2.65. The molecule has 2 amide bonds. The highest BCUT2D eigenvalue weighted by molar-refractivity contribution is 5.74. The van der Waals surface area contributed by atoms with Gasteiger partial charge in [0.25, 0.3) is 0 Å². The number of ether oxygens (including phenoxy) is 1. The highest BCUT2D eigenvalue weighted by Crippen LogP contribution is 2.14. The molecule has 1 aliphatic heterocycles. The molecule has 116 valence electrons. The van der Waals surface area contributed by atoms with Crippen molar-refractivity contribution in [2.75, 3.05) is 32.8 Å². The zero-order valence-electron chi connectivity index (χ0n) is 12.5. The minimum atomic E-state index is -0.0109. The van der Waals surface area contributed by atoms with Crippen molar-refractivity contribution in [1.82, 2.24) is 10.2 Å². The number of hydrogen-bond acceptors (Lipinski definition) is 3. The molecule has 0 atom stereocenters. The van der Waals surface area contributed by atoms with Crippen molar-refractivity contribution in [1.29, 1.82) is 0 Å². The Kier molecular flexibility index (Phi) is 6.50. The van der Waals surface area contributed by atoms with Gasteiger partial charge in [-0.2, -0.15) is 0 Å². The Hall–Kier alpha value is -1.59. The van der Waals surface area contributed by atoms with Crippen LogP contribution in [0.15, 0.2) is 30.3 Å². The maximum Gasteiger partial charge on any atom is 0.317 e. The molecule has 21 heavy (non-hydrogen) atoms. The number of nitrogens with zero attached hydrogens (tertiary/aromatic N) is 1. The molecule has 1 heterocycles. The van der Waals surface area contributed by atoms with Gasteiger partial charge in [0.15, 0.2) is 0 Å². The van der Waals surface area contributed by atoms with E-state index in [0.717, 1.165) is 32.5 Å². The van der Waals surface area contributed by atoms with E-state index in [1.165, 1.54) is 5.56 Å². The van der Waals surface area contributed by atoms with Crippen molar-refractivity contribution in [2.45, 2.75) is 25.3 Å². The first-order valence-electron chi connectivity index (χ1n) is 7.67. The second-order valence-corrected chi connectivity index (χ2v) is 5.29. The molecule has 3 N–H and O–H groups in total. The molecule has 1 aromatic rings. The van der Waals surface area contributed by atoms with E-state index in [4.69, 9.17) is 10.5 Å². The lowest BCUT2D eigenvalue weighted by Crippen LogP contribution is -2.50. The van der Waals surface area contributed by atoms with Crippen molar-refractivity contribution in [3.8, 4) is 0 Å². The van der Waals surface area contributed by atoms with Gasteiger partial charge in [0, 0.05) is 38.9 Å². The van der Waals surface area contributed by atoms with Crippen LogP contribution in [0.4, 0.5) is 4.79 Å². The molecule has 0 bridgehead atoms. The largest absolute Gasteiger partial charge is 0.381 e. The number of carbonyl (C=O) groups excluding carboxylic acids is 1. The van der Waals surface area contributed by atoms with Gasteiger partial charge in [-0.15, -0.1) is 0 Å². The van der Waals surface area contributed by atoms with E-state index in [1.54, 1.807) is 0 Å². The van der Waals surface area contributed by atoms with Crippen LogP contribution in [-0.4, -0.2) is 49.8 Å². The molecule has 0 unspecified atom stereocenters. The van der Waals surface area contributed by atoms with Gasteiger partial charge >= 0.3 is 6.03 Å². The molecule has 0 radical (unpaired) electrons. The third kappa shape index (κ3) is 5.02. The molecule has 1 fully saturated rings. The van der Waals surface area contributed by atoms with Gasteiger partial charge < -0.3 is 20.7 Å². The first-order valence-corrected chi connectivity index (χ1v) is 7.67. The molecular formula is C16H25N3O2. The lowest BCUT2D eigenvalue weighted by atomic mass is 10.1. The Balaban J connectivity index is 1.80. The van der Waals surface area contributed by atoms with Crippen LogP contribution in [0.2, 0.25) is 0 Å². The Bertz CT molecular complexity index is 419. The predicted molar refractivity (Wildman–Crippen MR) is 83.1 cm³/mol. The number of amides is 2. The minimum absolute atomic E-state index is 0.0109. The molecule has 0 aromatic heterocycles. The van der Waals surface area contributed by atoms with E-state index in [1.807, 2.05) is 23.1 Å². The third-order valence-electron chi connectivity index (χ3n) is 3.80. The van der Waals surface area contributed by atoms with Crippen LogP contribution < -0.4 is 11.1 Å². The number of rotatable bonds is 6. The summed E-state index contributed by atoms with van der Waals surface area (Å²) in [7, 11) is 0. The monoisotopic (exact) mass is 291 g/mol. The standard InChI is InChI=1S/C16H25N3O2/c17-9-11-19(15-7-12-21-13-8-15)16(20)18-10-6-14-4-2-1-3-5-14/h1-5,15H,6-13,17H2,(H,18,20). The van der Waals surface area contributed by atoms with Crippen molar-refractivity contribution < 1.29 is 9.53 Å². The second-order valence-electron chi connectivity index (χ2n) is 5.29. The number of hydrogen-bond donors (Lipinski definition) is 2. The van der Waals surface area contributed by atoms with Crippen molar-refractivity contribution in [3.63, 3.8) is 0 Å². The fraction of sp³-hybridized carbons (Fsp3) is 0.562. The molecule has 0 aliphatic carbocycles. The zero-order valence-corrected chi connectivity index (χ0v) is 12.5. The molecule has 0 spiro atoms. The number of nitrogens with one attached hydrogen (secondary N) is 1. The lowest BCUT2D eigenvalue weighted by molar-refractivity contribution is 0.0467. The van der Waals surface area contributed by atoms with Gasteiger partial charge in [0.1, 0.15) is 0 Å². The van der Waals surface area contributed by atoms with Gasteiger partial charge in [-0.1, -0.05) is 30.3 Å². The summed E-state index contributed by atoms with van der Waals surface area (Å²) in [5, 5.41) is 3.00. The van der Waals surface area contributed by atoms with Crippen LogP contribution >= 0.6 is 0 Å². The number of carbonyl (C=O) groups is 1. The Morgan fingerprint density at radius 3 is 2.67 bits per heavy atom. The zero-order chi connectivity index (χ0) is 14.9. The summed E-state index contributed by atoms with van der Waals surface area (Å²) in [6.07, 6.45) is 2.63. The van der Waals surface area contributed by atoms with Crippen LogP contribution in [0.1, 0.15) is 18.4 Å². The molecule has 1 aliphatic rings. The summed E-state index contributed by atoms with van der Waals surface area (Å²) in [6.45, 7) is 3.19. The molecule has 1 saturated heterocycles. The van der Waals surface area contributed by atoms with E-state index in [-0.39, 0.29) is 12.1 Å². The average Bonchev–Trinajstić information content (AvgIpc) is 2.54. The van der Waals surface area contributed by atoms with E-state index in [0.29, 0.717) is 19.6 Å². The third-order valence-corrected chi connectivity index (χ3v) is 3.80. The van der Waals surface area contributed by atoms with Gasteiger partial charge in [0.05, 0.1) is 0 Å². The number of nitrogens with two attached hydrogens (primary N) is 1. The highest BCUT2D eigenvalue weighted by Gasteiger charge is 2.24. The summed E-state index contributed by atoms with van der Waals surface area (Å²) in [5.74, 6) is 0. The summed E-state index contributed by atoms with van der Waals surface area (Å²) >= 11 is 0. The minimum Gasteiger partial charge on any atom is -0.381 e. The lowest BCUT2D eigenvalue weighted by Gasteiger charge is -2.34. The van der Waals surface area contributed by atoms with Crippen LogP contribution in [0.25, 0.3) is 0 Å². The first kappa shape index (κ1) is 15.8. The van der Waals surface area contributed by atoms with Crippen molar-refractivity contribution in [3.05, 3.63) is 35.9 Å². The maximum atomic E-state index is 12.3. The first-order chi connectivity index (χ1) is 10.3. The molecule has 5 heteroatoms. The SMILES string of the molecule is NCCN(C(=O)NCCc1ccccc1)C1CCOCC1. The van der Waals surface area contributed by atoms with Gasteiger partial charge in [0.2, 0.25) is 0 Å². The predicted octanol–water partition coefficient (Wildman–Crippen LogP) is 1.38. The normalized spacial score (nSPS) is 15.7. The summed E-state index contributed by atoms with van der Waals surface area (Å²) in [5.41, 5.74) is 6.87. The summed E-state index contributed by atoms with van der Waals surface area (Å²) < 4.78 is 5.36. The molecular weight excluding hydrogens is 266 g/mol. The molecule has 5 nitrogen and oxygen atoms in total. The Morgan fingerprint density at radius 2 is 2.00 bits per heavy atom. The fourth-order valence-corrected chi connectivity index (χ4v) is 2.65. The van der Waals surface area contributed by atoms with Crippen LogP contribution in [0.5, 0.6) is 0 Å². The van der Waals surface area contributed by atoms with Crippen LogP contribution in [0, 0.1) is 0 Å². The maximum absolute atomic E-state index is 12.3. The molecule has 2 rings (SSSR count). The highest BCUT2D eigenvalue weighted by atomic mass is 16.5. The van der Waals surface area contributed by atoms with E-state index < -0.39 is 0 Å². The van der Waals surface area contributed by atoms with E-state index >= 15 is 0 Å².